The summed E-state index contributed by atoms with van der Waals surface area (Å²) in [5.41, 5.74) is 22.9. The number of morpholine rings is 1. The second-order valence-corrected chi connectivity index (χ2v) is 32.1. The number of aromatic amines is 4. The maximum Gasteiger partial charge on any atom is 0.413 e. The van der Waals surface area contributed by atoms with Crippen LogP contribution in [0.25, 0.3) is 134 Å². The Balaban J connectivity index is 0.000000138. The lowest BCUT2D eigenvalue weighted by Crippen LogP contribution is -2.41. The van der Waals surface area contributed by atoms with Crippen LogP contribution in [-0.2, 0) is 27.3 Å². The number of pyridine rings is 6. The van der Waals surface area contributed by atoms with E-state index in [9.17, 15) is 28.8 Å². The number of urea groups is 2. The van der Waals surface area contributed by atoms with Crippen molar-refractivity contribution in [3.8, 4) is 89.7 Å². The third kappa shape index (κ3) is 23.7. The van der Waals surface area contributed by atoms with Crippen molar-refractivity contribution in [3.05, 3.63) is 236 Å². The highest BCUT2D eigenvalue weighted by atomic mass is 16.6. The molecule has 16 aromatic rings. The molecule has 0 radical (unpaired) electrons. The number of likely N-dealkylation sites (N-methyl/N-ethyl adjacent to an activating group) is 2. The molecule has 37 heteroatoms. The van der Waals surface area contributed by atoms with Crippen molar-refractivity contribution in [2.24, 2.45) is 0 Å². The molecular formula is C98H104N28O9. The highest BCUT2D eigenvalue weighted by Gasteiger charge is 2.27. The number of anilines is 5. The number of H-pyrrole nitrogens is 4. The molecule has 690 valence electrons. The zero-order valence-electron chi connectivity index (χ0n) is 76.4. The predicted octanol–water partition coefficient (Wildman–Crippen LogP) is 14.9. The van der Waals surface area contributed by atoms with E-state index in [0.29, 0.717) is 88.6 Å². The largest absolute Gasteiger partial charge is 0.450 e. The van der Waals surface area contributed by atoms with E-state index in [1.807, 2.05) is 190 Å². The number of amides is 8. The second kappa shape index (κ2) is 44.0. The van der Waals surface area contributed by atoms with Crippen molar-refractivity contribution in [1.29, 1.82) is 0 Å². The highest BCUT2D eigenvalue weighted by Crippen LogP contribution is 2.40. The quantitative estimate of drug-likeness (QED) is 0.0268. The van der Waals surface area contributed by atoms with Crippen LogP contribution in [-0.4, -0.2) is 256 Å². The van der Waals surface area contributed by atoms with Crippen molar-refractivity contribution < 1.29 is 43.0 Å². The minimum atomic E-state index is -0.596. The van der Waals surface area contributed by atoms with Gasteiger partial charge in [0.1, 0.15) is 5.52 Å². The van der Waals surface area contributed by atoms with Crippen LogP contribution in [0.15, 0.2) is 214 Å². The Labute approximate surface area is 777 Å². The number of aromatic nitrogens is 16. The molecule has 1 fully saturated rings. The Morgan fingerprint density at radius 1 is 0.415 bits per heavy atom. The first-order chi connectivity index (χ1) is 65.6. The number of nitrogens with one attached hydrogen (secondary N) is 11. The lowest BCUT2D eigenvalue weighted by atomic mass is 9.98. The van der Waals surface area contributed by atoms with E-state index in [2.05, 4.69) is 161 Å². The van der Waals surface area contributed by atoms with E-state index >= 15 is 0 Å². The lowest BCUT2D eigenvalue weighted by molar-refractivity contribution is 0.0383. The van der Waals surface area contributed by atoms with Crippen LogP contribution in [0.5, 0.6) is 0 Å². The molecule has 135 heavy (non-hydrogen) atoms. The van der Waals surface area contributed by atoms with E-state index in [0.717, 1.165) is 170 Å². The minimum Gasteiger partial charge on any atom is -0.450 e. The molecule has 13 heterocycles. The number of hydrogen-bond donors (Lipinski definition) is 11. The van der Waals surface area contributed by atoms with Gasteiger partial charge in [-0.25, -0.2) is 49.1 Å². The maximum atomic E-state index is 13.0. The summed E-state index contributed by atoms with van der Waals surface area (Å²) in [6.07, 6.45) is 17.9. The van der Waals surface area contributed by atoms with Crippen molar-refractivity contribution in [2.75, 3.05) is 147 Å². The van der Waals surface area contributed by atoms with Gasteiger partial charge in [-0.05, 0) is 216 Å². The molecule has 5 aromatic carbocycles. The first-order valence-electron chi connectivity index (χ1n) is 44.1. The summed E-state index contributed by atoms with van der Waals surface area (Å²) in [5, 5.41) is 19.1. The third-order valence-electron chi connectivity index (χ3n) is 21.7. The number of benzene rings is 5. The van der Waals surface area contributed by atoms with Crippen LogP contribution in [0.3, 0.4) is 0 Å². The number of fused-ring (bicyclic) bond motifs is 5. The van der Waals surface area contributed by atoms with Gasteiger partial charge in [-0.1, -0.05) is 24.3 Å². The molecule has 8 amide bonds. The smallest absolute Gasteiger partial charge is 0.413 e. The average molecular weight is 1820 g/mol. The Morgan fingerprint density at radius 3 is 1.36 bits per heavy atom. The molecule has 2 aliphatic rings. The van der Waals surface area contributed by atoms with Crippen molar-refractivity contribution in [2.45, 2.75) is 40.8 Å². The molecule has 2 aliphatic heterocycles. The van der Waals surface area contributed by atoms with Crippen molar-refractivity contribution >= 4 is 110 Å². The number of carbonyl (C=O) groups excluding carboxylic acids is 6. The SMILES string of the molecule is CCNC(=O)Nc1nc2c(-c3cc(CN(C)C)ccn3)cc(-c3cccnc3)cc2[nH]1.CCNC(=O)Nc1nc2c(-c3ccccn3)cc(-c3cncc(C(=O)NCCN4CCOCC4)c3)cc2[nH]1.CCOC(=O)Nc1nc2c(-c3cc(CN(C)C)ccn3)cc(-c3cccnc3)cc2[nH]1.CCOC(=O)Nc1nc2c(-c3ncccn3)cc(-c3ccc4c(c3)C(=O)N(C)CCN4C)cc2[nH]1. The first-order valence-corrected chi connectivity index (χ1v) is 44.1. The van der Waals surface area contributed by atoms with E-state index in [-0.39, 0.29) is 43.0 Å². The van der Waals surface area contributed by atoms with Gasteiger partial charge in [0.25, 0.3) is 11.8 Å². The van der Waals surface area contributed by atoms with Gasteiger partial charge in [0.05, 0.1) is 93.3 Å². The molecule has 0 unspecified atom stereocenters. The van der Waals surface area contributed by atoms with Crippen LogP contribution in [0.2, 0.25) is 0 Å². The van der Waals surface area contributed by atoms with E-state index < -0.39 is 12.2 Å². The molecule has 0 aliphatic carbocycles. The van der Waals surface area contributed by atoms with Gasteiger partial charge in [0, 0.05) is 192 Å². The molecule has 0 saturated carbocycles. The van der Waals surface area contributed by atoms with Gasteiger partial charge in [-0.3, -0.25) is 65.7 Å². The summed E-state index contributed by atoms with van der Waals surface area (Å²) in [6, 6.07) is 46.3. The Bertz CT molecular complexity index is 6680. The number of ether oxygens (including phenoxy) is 3. The topological polar surface area (TPSA) is 448 Å². The van der Waals surface area contributed by atoms with Crippen LogP contribution in [0, 0.1) is 0 Å². The molecule has 1 saturated heterocycles. The Morgan fingerprint density at radius 2 is 0.874 bits per heavy atom. The lowest BCUT2D eigenvalue weighted by Gasteiger charge is -2.26. The van der Waals surface area contributed by atoms with Crippen LogP contribution >= 0.6 is 0 Å². The minimum absolute atomic E-state index is 0.0126. The van der Waals surface area contributed by atoms with Crippen molar-refractivity contribution in [1.82, 2.24) is 115 Å². The van der Waals surface area contributed by atoms with Gasteiger partial charge < -0.3 is 69.7 Å². The monoisotopic (exact) mass is 1820 g/mol. The summed E-state index contributed by atoms with van der Waals surface area (Å²) >= 11 is 0. The third-order valence-corrected chi connectivity index (χ3v) is 21.7. The standard InChI is InChI=1S/C27H30N8O3.C25H25N7O3.C23H25N7O.C23H24N6O2/c1-2-29-27(37)34-26-32-23-15-18(14-21(24(23)33-26)22-5-3-4-6-30-22)19-13-20(17-28-16-19)25(36)31-7-8-35-9-11-38-12-10-35;1-4-35-25(34)30-24-28-19-14-16(13-18(21(19)29-24)22-26-8-5-9-27-22)15-6-7-20-17(12-15)23(33)32(3)11-10-31(20)2;1-4-25-23(31)29-22-27-20-12-17(16-6-5-8-24-13-16)11-18(21(20)28-22)19-10-15(7-9-26-19)14-30(2)3;1-4-31-23(30)28-22-26-20-12-17(16-6-5-8-24-13-16)11-18(21(20)27-22)19-10-15(7-9-25-19)14-29(2)3/h3-6,13-17H,2,7-12H2,1H3,(H,31,36)(H3,29,32,33,34,37);5-9,12-14H,4,10-11H2,1-3H3,(H2,28,29,30,34);5-13H,4,14H2,1-3H3,(H3,25,27,28,29,31);5-13H,4,14H2,1-3H3,(H2,26,27,28,30). The van der Waals surface area contributed by atoms with Gasteiger partial charge in [0.2, 0.25) is 23.8 Å². The normalized spacial score (nSPS) is 12.5. The van der Waals surface area contributed by atoms with Gasteiger partial charge >= 0.3 is 24.2 Å². The Kier molecular flexibility index (Phi) is 30.4. The first kappa shape index (κ1) is 93.3. The Hall–Kier alpha value is -16.4. The zero-order valence-corrected chi connectivity index (χ0v) is 76.4. The molecule has 0 bridgehead atoms. The van der Waals surface area contributed by atoms with Gasteiger partial charge in [-0.2, -0.15) is 0 Å². The fourth-order valence-electron chi connectivity index (χ4n) is 15.4. The van der Waals surface area contributed by atoms with E-state index in [1.54, 1.807) is 74.4 Å². The number of nitrogens with zero attached hydrogens (tertiary/aromatic N) is 17. The summed E-state index contributed by atoms with van der Waals surface area (Å²) in [4.78, 5) is 150. The molecule has 0 atom stereocenters. The van der Waals surface area contributed by atoms with Crippen LogP contribution in [0.4, 0.5) is 48.7 Å². The highest BCUT2D eigenvalue weighted by molar-refractivity contribution is 6.05. The van der Waals surface area contributed by atoms with Crippen molar-refractivity contribution in [3.63, 3.8) is 0 Å². The van der Waals surface area contributed by atoms with Crippen LogP contribution in [0.1, 0.15) is 59.5 Å². The van der Waals surface area contributed by atoms with E-state index in [1.165, 1.54) is 0 Å². The average Bonchev–Trinajstić information content (AvgIpc) is 1.67. The molecule has 0 spiro atoms. The fourth-order valence-corrected chi connectivity index (χ4v) is 15.4. The van der Waals surface area contributed by atoms with Crippen LogP contribution < -0.4 is 42.1 Å². The number of rotatable bonds is 24. The molecule has 11 aromatic heterocycles. The summed E-state index contributed by atoms with van der Waals surface area (Å²) in [6.45, 7) is 16.3. The maximum absolute atomic E-state index is 13.0. The summed E-state index contributed by atoms with van der Waals surface area (Å²) in [7, 11) is 11.9. The fraction of sp³-hybridized carbons (Fsp3) is 0.245. The summed E-state index contributed by atoms with van der Waals surface area (Å²) in [5.74, 6) is 1.60. The predicted molar refractivity (Wildman–Crippen MR) is 522 cm³/mol. The number of carbonyl (C=O) groups is 6. The van der Waals surface area contributed by atoms with Gasteiger partial charge in [0.15, 0.2) is 5.82 Å². The molecule has 18 rings (SSSR count). The molecule has 37 nitrogen and oxygen atoms in total. The molecular weight excluding hydrogens is 1710 g/mol. The van der Waals surface area contributed by atoms with E-state index in [4.69, 9.17) is 14.2 Å². The second-order valence-electron chi connectivity index (χ2n) is 32.1. The number of imidazole rings is 4. The van der Waals surface area contributed by atoms with Gasteiger partial charge in [-0.15, -0.1) is 0 Å². The zero-order chi connectivity index (χ0) is 94.4. The molecule has 11 N–H and O–H groups in total. The summed E-state index contributed by atoms with van der Waals surface area (Å²) < 4.78 is 15.3. The number of hydrogen-bond acceptors (Lipinski definition) is 25.